The first-order valence-electron chi connectivity index (χ1n) is 9.14. The molecule has 0 N–H and O–H groups in total. The molecular weight excluding hydrogens is 334 g/mol. The standard InChI is InChI=1S/C20H25NO5/c1-13(22)14-7-9-16(10-8-14)26-12-19(23)21-17-6-4-3-5-15(17)11-18(21)20(24)25-2/h7-10,15,17-18H,3-6,11-12H2,1-2H3. The molecule has 1 aromatic carbocycles. The molecule has 3 atom stereocenters. The highest BCUT2D eigenvalue weighted by atomic mass is 16.5. The van der Waals surface area contributed by atoms with E-state index in [-0.39, 0.29) is 30.3 Å². The van der Waals surface area contributed by atoms with E-state index in [0.717, 1.165) is 25.7 Å². The molecule has 1 aliphatic heterocycles. The van der Waals surface area contributed by atoms with Gasteiger partial charge in [-0.15, -0.1) is 0 Å². The smallest absolute Gasteiger partial charge is 0.328 e. The molecular formula is C20H25NO5. The highest BCUT2D eigenvalue weighted by Crippen LogP contribution is 2.40. The molecule has 1 amide bonds. The first kappa shape index (κ1) is 18.4. The zero-order valence-corrected chi connectivity index (χ0v) is 15.3. The van der Waals surface area contributed by atoms with Gasteiger partial charge in [0.05, 0.1) is 7.11 Å². The molecule has 6 nitrogen and oxygen atoms in total. The van der Waals surface area contributed by atoms with Crippen LogP contribution in [-0.2, 0) is 14.3 Å². The van der Waals surface area contributed by atoms with E-state index >= 15 is 0 Å². The fourth-order valence-electron chi connectivity index (χ4n) is 4.17. The number of likely N-dealkylation sites (tertiary alicyclic amines) is 1. The van der Waals surface area contributed by atoms with Crippen molar-refractivity contribution in [3.63, 3.8) is 0 Å². The van der Waals surface area contributed by atoms with Crippen molar-refractivity contribution in [2.24, 2.45) is 5.92 Å². The summed E-state index contributed by atoms with van der Waals surface area (Å²) in [5, 5.41) is 0. The zero-order valence-electron chi connectivity index (χ0n) is 15.3. The van der Waals surface area contributed by atoms with Gasteiger partial charge in [0, 0.05) is 11.6 Å². The lowest BCUT2D eigenvalue weighted by Crippen LogP contribution is -2.48. The predicted octanol–water partition coefficient (Wildman–Crippen LogP) is 2.60. The first-order chi connectivity index (χ1) is 12.5. The van der Waals surface area contributed by atoms with Crippen molar-refractivity contribution in [1.82, 2.24) is 4.90 Å². The number of nitrogens with zero attached hydrogens (tertiary/aromatic N) is 1. The van der Waals surface area contributed by atoms with Crippen molar-refractivity contribution in [2.75, 3.05) is 13.7 Å². The number of rotatable bonds is 5. The van der Waals surface area contributed by atoms with Gasteiger partial charge in [0.2, 0.25) is 0 Å². The minimum atomic E-state index is -0.510. The number of hydrogen-bond donors (Lipinski definition) is 0. The molecule has 0 aromatic heterocycles. The molecule has 6 heteroatoms. The van der Waals surface area contributed by atoms with Crippen LogP contribution in [0.2, 0.25) is 0 Å². The average Bonchev–Trinajstić information content (AvgIpc) is 3.05. The molecule has 2 aliphatic rings. The van der Waals surface area contributed by atoms with Gasteiger partial charge >= 0.3 is 5.97 Å². The molecule has 1 heterocycles. The Labute approximate surface area is 153 Å². The number of methoxy groups -OCH3 is 1. The topological polar surface area (TPSA) is 72.9 Å². The monoisotopic (exact) mass is 359 g/mol. The molecule has 1 aromatic rings. The number of amides is 1. The summed E-state index contributed by atoms with van der Waals surface area (Å²) in [5.74, 6) is 0.335. The number of ketones is 1. The summed E-state index contributed by atoms with van der Waals surface area (Å²) < 4.78 is 10.5. The van der Waals surface area contributed by atoms with Crippen molar-refractivity contribution in [3.05, 3.63) is 29.8 Å². The Bertz CT molecular complexity index is 684. The highest BCUT2D eigenvalue weighted by molar-refractivity contribution is 5.94. The number of benzene rings is 1. The quantitative estimate of drug-likeness (QED) is 0.597. The summed E-state index contributed by atoms with van der Waals surface area (Å²) >= 11 is 0. The molecule has 1 saturated heterocycles. The molecule has 0 spiro atoms. The Kier molecular flexibility index (Phi) is 5.59. The third-order valence-corrected chi connectivity index (χ3v) is 5.47. The molecule has 1 saturated carbocycles. The van der Waals surface area contributed by atoms with Crippen LogP contribution in [0.5, 0.6) is 5.75 Å². The Hall–Kier alpha value is -2.37. The largest absolute Gasteiger partial charge is 0.484 e. The summed E-state index contributed by atoms with van der Waals surface area (Å²) in [7, 11) is 1.36. The van der Waals surface area contributed by atoms with Gasteiger partial charge < -0.3 is 14.4 Å². The normalized spacial score (nSPS) is 24.7. The second kappa shape index (κ2) is 7.89. The summed E-state index contributed by atoms with van der Waals surface area (Å²) in [6.07, 6.45) is 4.88. The van der Waals surface area contributed by atoms with Crippen molar-refractivity contribution in [1.29, 1.82) is 0 Å². The van der Waals surface area contributed by atoms with Gasteiger partial charge in [-0.1, -0.05) is 12.8 Å². The van der Waals surface area contributed by atoms with Crippen molar-refractivity contribution >= 4 is 17.7 Å². The third kappa shape index (κ3) is 3.74. The van der Waals surface area contributed by atoms with E-state index in [9.17, 15) is 14.4 Å². The fraction of sp³-hybridized carbons (Fsp3) is 0.550. The summed E-state index contributed by atoms with van der Waals surface area (Å²) in [6.45, 7) is 1.37. The Morgan fingerprint density at radius 1 is 1.12 bits per heavy atom. The Morgan fingerprint density at radius 2 is 1.81 bits per heavy atom. The maximum Gasteiger partial charge on any atom is 0.328 e. The van der Waals surface area contributed by atoms with Crippen LogP contribution in [0, 0.1) is 5.92 Å². The molecule has 3 rings (SSSR count). The third-order valence-electron chi connectivity index (χ3n) is 5.47. The number of hydrogen-bond acceptors (Lipinski definition) is 5. The summed E-state index contributed by atoms with van der Waals surface area (Å²) in [6, 6.07) is 6.29. The van der Waals surface area contributed by atoms with Crippen molar-refractivity contribution in [2.45, 2.75) is 51.1 Å². The highest BCUT2D eigenvalue weighted by Gasteiger charge is 2.47. The summed E-state index contributed by atoms with van der Waals surface area (Å²) in [4.78, 5) is 38.0. The van der Waals surface area contributed by atoms with Crippen LogP contribution in [0.15, 0.2) is 24.3 Å². The number of fused-ring (bicyclic) bond motifs is 1. The van der Waals surface area contributed by atoms with Crippen LogP contribution in [0.25, 0.3) is 0 Å². The van der Waals surface area contributed by atoms with Crippen molar-refractivity contribution < 1.29 is 23.9 Å². The fourth-order valence-corrected chi connectivity index (χ4v) is 4.17. The van der Waals surface area contributed by atoms with Gasteiger partial charge in [-0.3, -0.25) is 9.59 Å². The molecule has 2 fully saturated rings. The SMILES string of the molecule is COC(=O)C1CC2CCCCC2N1C(=O)COc1ccc(C(C)=O)cc1. The van der Waals surface area contributed by atoms with Crippen LogP contribution in [-0.4, -0.2) is 48.4 Å². The van der Waals surface area contributed by atoms with Crippen LogP contribution in [0.3, 0.4) is 0 Å². The zero-order chi connectivity index (χ0) is 18.7. The number of Topliss-reactive ketones (excluding diaryl/α,β-unsaturated/α-hetero) is 1. The van der Waals surface area contributed by atoms with E-state index in [1.807, 2.05) is 0 Å². The van der Waals surface area contributed by atoms with Crippen LogP contribution in [0.4, 0.5) is 0 Å². The minimum absolute atomic E-state index is 0.0195. The molecule has 3 unspecified atom stereocenters. The average molecular weight is 359 g/mol. The van der Waals surface area contributed by atoms with Gasteiger partial charge in [0.25, 0.3) is 5.91 Å². The number of carbonyl (C=O) groups excluding carboxylic acids is 3. The van der Waals surface area contributed by atoms with Gasteiger partial charge in [0.15, 0.2) is 12.4 Å². The van der Waals surface area contributed by atoms with Crippen molar-refractivity contribution in [3.8, 4) is 5.75 Å². The predicted molar refractivity (Wildman–Crippen MR) is 95.0 cm³/mol. The van der Waals surface area contributed by atoms with E-state index < -0.39 is 6.04 Å². The lowest BCUT2D eigenvalue weighted by molar-refractivity contribution is -0.153. The van der Waals surface area contributed by atoms with Crippen LogP contribution >= 0.6 is 0 Å². The van der Waals surface area contributed by atoms with Gasteiger partial charge in [-0.2, -0.15) is 0 Å². The van der Waals surface area contributed by atoms with Crippen LogP contribution in [0.1, 0.15) is 49.4 Å². The maximum absolute atomic E-state index is 12.8. The minimum Gasteiger partial charge on any atom is -0.484 e. The second-order valence-electron chi connectivity index (χ2n) is 7.06. The van der Waals surface area contributed by atoms with E-state index in [1.165, 1.54) is 14.0 Å². The van der Waals surface area contributed by atoms with E-state index in [2.05, 4.69) is 0 Å². The molecule has 0 radical (unpaired) electrons. The van der Waals surface area contributed by atoms with Gasteiger partial charge in [0.1, 0.15) is 11.8 Å². The maximum atomic E-state index is 12.8. The lowest BCUT2D eigenvalue weighted by Gasteiger charge is -2.33. The molecule has 26 heavy (non-hydrogen) atoms. The molecule has 1 aliphatic carbocycles. The first-order valence-corrected chi connectivity index (χ1v) is 9.14. The molecule has 0 bridgehead atoms. The van der Waals surface area contributed by atoms with E-state index in [1.54, 1.807) is 29.2 Å². The number of carbonyl (C=O) groups is 3. The van der Waals surface area contributed by atoms with E-state index in [0.29, 0.717) is 23.7 Å². The van der Waals surface area contributed by atoms with E-state index in [4.69, 9.17) is 9.47 Å². The summed E-state index contributed by atoms with van der Waals surface area (Å²) in [5.41, 5.74) is 0.596. The van der Waals surface area contributed by atoms with Crippen LogP contribution < -0.4 is 4.74 Å². The Morgan fingerprint density at radius 3 is 2.46 bits per heavy atom. The number of esters is 1. The second-order valence-corrected chi connectivity index (χ2v) is 7.06. The Balaban J connectivity index is 1.67. The van der Waals surface area contributed by atoms with Gasteiger partial charge in [-0.05, 0) is 56.4 Å². The number of ether oxygens (including phenoxy) is 2. The lowest BCUT2D eigenvalue weighted by atomic mass is 9.85. The van der Waals surface area contributed by atoms with Gasteiger partial charge in [-0.25, -0.2) is 4.79 Å². The molecule has 140 valence electrons.